The molecule has 3 nitrogen and oxygen atoms in total. The second-order valence-corrected chi connectivity index (χ2v) is 4.76. The van der Waals surface area contributed by atoms with Crippen molar-refractivity contribution in [2.45, 2.75) is 13.0 Å². The van der Waals surface area contributed by atoms with E-state index < -0.39 is 11.6 Å². The fraction of sp³-hybridized carbons (Fsp3) is 0.417. The summed E-state index contributed by atoms with van der Waals surface area (Å²) >= 11 is 5.78. The number of nitrogens with zero attached hydrogens (tertiary/aromatic N) is 1. The summed E-state index contributed by atoms with van der Waals surface area (Å²) in [6.07, 6.45) is 0. The van der Waals surface area contributed by atoms with Gasteiger partial charge in [0.25, 0.3) is 5.91 Å². The smallest absolute Gasteiger partial charge is 0.255 e. The number of carbonyl (C=O) groups is 1. The molecular formula is C12H13ClF2N2O. The van der Waals surface area contributed by atoms with Crippen molar-refractivity contribution >= 4 is 17.5 Å². The van der Waals surface area contributed by atoms with E-state index in [1.807, 2.05) is 6.92 Å². The van der Waals surface area contributed by atoms with Gasteiger partial charge in [0.1, 0.15) is 0 Å². The first-order valence-corrected chi connectivity index (χ1v) is 6.04. The van der Waals surface area contributed by atoms with E-state index in [0.717, 1.165) is 12.1 Å². The van der Waals surface area contributed by atoms with Crippen LogP contribution in [0.25, 0.3) is 0 Å². The lowest BCUT2D eigenvalue weighted by Crippen LogP contribution is -2.51. The molecule has 0 saturated carbocycles. The number of piperazine rings is 1. The van der Waals surface area contributed by atoms with E-state index in [4.69, 9.17) is 11.6 Å². The lowest BCUT2D eigenvalue weighted by atomic mass is 10.1. The van der Waals surface area contributed by atoms with Gasteiger partial charge in [-0.1, -0.05) is 11.6 Å². The first-order valence-electron chi connectivity index (χ1n) is 5.66. The maximum Gasteiger partial charge on any atom is 0.255 e. The van der Waals surface area contributed by atoms with Crippen molar-refractivity contribution in [3.8, 4) is 0 Å². The van der Waals surface area contributed by atoms with E-state index >= 15 is 0 Å². The molecule has 1 N–H and O–H groups in total. The van der Waals surface area contributed by atoms with E-state index in [0.29, 0.717) is 19.6 Å². The van der Waals surface area contributed by atoms with Gasteiger partial charge in [-0.2, -0.15) is 0 Å². The standard InChI is InChI=1S/C12H13ClF2N2O/c1-7-6-17(3-2-16-7)12(18)8-4-10(14)11(15)5-9(8)13/h4-5,7,16H,2-3,6H2,1H3. The number of hydrogen-bond acceptors (Lipinski definition) is 2. The van der Waals surface area contributed by atoms with Crippen LogP contribution in [0.2, 0.25) is 5.02 Å². The van der Waals surface area contributed by atoms with Crippen LogP contribution in [0.1, 0.15) is 17.3 Å². The minimum absolute atomic E-state index is 0.00432. The van der Waals surface area contributed by atoms with Crippen LogP contribution in [-0.2, 0) is 0 Å². The molecule has 98 valence electrons. The molecule has 1 heterocycles. The molecule has 6 heteroatoms. The van der Waals surface area contributed by atoms with Gasteiger partial charge in [0.15, 0.2) is 11.6 Å². The molecule has 1 aliphatic heterocycles. The highest BCUT2D eigenvalue weighted by Crippen LogP contribution is 2.22. The maximum absolute atomic E-state index is 13.1. The van der Waals surface area contributed by atoms with Crippen LogP contribution in [0.15, 0.2) is 12.1 Å². The van der Waals surface area contributed by atoms with Crippen molar-refractivity contribution in [1.82, 2.24) is 10.2 Å². The predicted molar refractivity (Wildman–Crippen MR) is 64.7 cm³/mol. The van der Waals surface area contributed by atoms with Crippen LogP contribution >= 0.6 is 11.6 Å². The highest BCUT2D eigenvalue weighted by atomic mass is 35.5. The summed E-state index contributed by atoms with van der Waals surface area (Å²) in [5.74, 6) is -2.48. The molecule has 1 amide bonds. The average Bonchev–Trinajstić information content (AvgIpc) is 2.33. The average molecular weight is 275 g/mol. The van der Waals surface area contributed by atoms with Crippen molar-refractivity contribution < 1.29 is 13.6 Å². The van der Waals surface area contributed by atoms with Gasteiger partial charge < -0.3 is 10.2 Å². The van der Waals surface area contributed by atoms with E-state index in [2.05, 4.69) is 5.32 Å². The van der Waals surface area contributed by atoms with Crippen LogP contribution in [0.3, 0.4) is 0 Å². The first kappa shape index (κ1) is 13.2. The van der Waals surface area contributed by atoms with Crippen LogP contribution < -0.4 is 5.32 Å². The van der Waals surface area contributed by atoms with Gasteiger partial charge in [0.05, 0.1) is 10.6 Å². The second-order valence-electron chi connectivity index (χ2n) is 4.35. The van der Waals surface area contributed by atoms with Crippen LogP contribution in [0, 0.1) is 11.6 Å². The molecular weight excluding hydrogens is 262 g/mol. The van der Waals surface area contributed by atoms with E-state index in [9.17, 15) is 13.6 Å². The predicted octanol–water partition coefficient (Wildman–Crippen LogP) is 2.05. The number of halogens is 3. The summed E-state index contributed by atoms with van der Waals surface area (Å²) in [5.41, 5.74) is 0.00432. The van der Waals surface area contributed by atoms with Crippen molar-refractivity contribution in [2.24, 2.45) is 0 Å². The molecule has 0 aromatic heterocycles. The molecule has 0 bridgehead atoms. The van der Waals surface area contributed by atoms with Crippen LogP contribution in [0.5, 0.6) is 0 Å². The van der Waals surface area contributed by atoms with Gasteiger partial charge in [0.2, 0.25) is 0 Å². The fourth-order valence-electron chi connectivity index (χ4n) is 1.97. The highest BCUT2D eigenvalue weighted by molar-refractivity contribution is 6.33. The van der Waals surface area contributed by atoms with Gasteiger partial charge in [-0.15, -0.1) is 0 Å². The Labute approximate surface area is 109 Å². The lowest BCUT2D eigenvalue weighted by Gasteiger charge is -2.32. The normalized spacial score (nSPS) is 20.0. The van der Waals surface area contributed by atoms with Crippen LogP contribution in [-0.4, -0.2) is 36.5 Å². The number of amides is 1. The monoisotopic (exact) mass is 274 g/mol. The van der Waals surface area contributed by atoms with E-state index in [1.165, 1.54) is 0 Å². The Kier molecular flexibility index (Phi) is 3.82. The topological polar surface area (TPSA) is 32.3 Å². The summed E-state index contributed by atoms with van der Waals surface area (Å²) < 4.78 is 26.1. The zero-order valence-electron chi connectivity index (χ0n) is 9.84. The third-order valence-electron chi connectivity index (χ3n) is 2.90. The summed E-state index contributed by atoms with van der Waals surface area (Å²) in [4.78, 5) is 13.7. The summed E-state index contributed by atoms with van der Waals surface area (Å²) in [7, 11) is 0. The largest absolute Gasteiger partial charge is 0.336 e. The lowest BCUT2D eigenvalue weighted by molar-refractivity contribution is 0.0708. The number of hydrogen-bond donors (Lipinski definition) is 1. The Hall–Kier alpha value is -1.20. The third-order valence-corrected chi connectivity index (χ3v) is 3.21. The Balaban J connectivity index is 2.25. The molecule has 1 aliphatic rings. The maximum atomic E-state index is 13.1. The van der Waals surface area contributed by atoms with E-state index in [1.54, 1.807) is 4.90 Å². The van der Waals surface area contributed by atoms with Crippen molar-refractivity contribution in [3.05, 3.63) is 34.4 Å². The Bertz CT molecular complexity index is 481. The summed E-state index contributed by atoms with van der Waals surface area (Å²) in [5, 5.41) is 3.13. The summed E-state index contributed by atoms with van der Waals surface area (Å²) in [6, 6.07) is 1.86. The quantitative estimate of drug-likeness (QED) is 0.795. The molecule has 0 radical (unpaired) electrons. The fourth-order valence-corrected chi connectivity index (χ4v) is 2.20. The molecule has 1 aromatic carbocycles. The first-order chi connectivity index (χ1) is 8.49. The molecule has 0 spiro atoms. The van der Waals surface area contributed by atoms with Crippen molar-refractivity contribution in [2.75, 3.05) is 19.6 Å². The Morgan fingerprint density at radius 2 is 2.11 bits per heavy atom. The number of carbonyl (C=O) groups excluding carboxylic acids is 1. The Morgan fingerprint density at radius 1 is 1.44 bits per heavy atom. The molecule has 1 saturated heterocycles. The molecule has 1 fully saturated rings. The highest BCUT2D eigenvalue weighted by Gasteiger charge is 2.24. The minimum Gasteiger partial charge on any atom is -0.336 e. The molecule has 0 aliphatic carbocycles. The minimum atomic E-state index is -1.06. The van der Waals surface area contributed by atoms with Gasteiger partial charge in [0, 0.05) is 25.7 Å². The second kappa shape index (κ2) is 5.20. The number of nitrogens with one attached hydrogen (secondary N) is 1. The van der Waals surface area contributed by atoms with Gasteiger partial charge in [-0.3, -0.25) is 4.79 Å². The molecule has 1 aromatic rings. The number of rotatable bonds is 1. The van der Waals surface area contributed by atoms with E-state index in [-0.39, 0.29) is 22.5 Å². The van der Waals surface area contributed by atoms with Gasteiger partial charge >= 0.3 is 0 Å². The zero-order chi connectivity index (χ0) is 13.3. The SMILES string of the molecule is CC1CN(C(=O)c2cc(F)c(F)cc2Cl)CCN1. The molecule has 2 rings (SSSR count). The molecule has 1 unspecified atom stereocenters. The molecule has 18 heavy (non-hydrogen) atoms. The Morgan fingerprint density at radius 3 is 2.78 bits per heavy atom. The van der Waals surface area contributed by atoms with Crippen LogP contribution in [0.4, 0.5) is 8.78 Å². The summed E-state index contributed by atoms with van der Waals surface area (Å²) in [6.45, 7) is 3.67. The van der Waals surface area contributed by atoms with Gasteiger partial charge in [-0.05, 0) is 19.1 Å². The third kappa shape index (κ3) is 2.62. The zero-order valence-corrected chi connectivity index (χ0v) is 10.6. The van der Waals surface area contributed by atoms with Gasteiger partial charge in [-0.25, -0.2) is 8.78 Å². The molecule has 1 atom stereocenters. The number of benzene rings is 1. The van der Waals surface area contributed by atoms with Crippen molar-refractivity contribution in [1.29, 1.82) is 0 Å². The van der Waals surface area contributed by atoms with Crippen molar-refractivity contribution in [3.63, 3.8) is 0 Å².